The number of nitrogens with zero attached hydrogens (tertiary/aromatic N) is 1. The Morgan fingerprint density at radius 1 is 1.22 bits per heavy atom. The van der Waals surface area contributed by atoms with Crippen molar-refractivity contribution in [3.05, 3.63) is 0 Å². The SMILES string of the molecule is CCCCC[C@H](C)NS(=O)(=O)[C@H](C)C(=O)N(C)C. The van der Waals surface area contributed by atoms with Crippen LogP contribution in [0, 0.1) is 0 Å². The van der Waals surface area contributed by atoms with Crippen LogP contribution in [-0.4, -0.2) is 44.6 Å². The number of amides is 1. The van der Waals surface area contributed by atoms with Gasteiger partial charge in [-0.2, -0.15) is 0 Å². The largest absolute Gasteiger partial charge is 0.348 e. The molecular formula is C12H26N2O3S. The van der Waals surface area contributed by atoms with E-state index in [0.29, 0.717) is 0 Å². The molecule has 0 aromatic rings. The Morgan fingerprint density at radius 3 is 2.22 bits per heavy atom. The molecule has 1 amide bonds. The van der Waals surface area contributed by atoms with Gasteiger partial charge in [0.1, 0.15) is 0 Å². The lowest BCUT2D eigenvalue weighted by molar-refractivity contribution is -0.127. The van der Waals surface area contributed by atoms with E-state index in [0.717, 1.165) is 25.7 Å². The van der Waals surface area contributed by atoms with Gasteiger partial charge < -0.3 is 4.90 Å². The molecule has 0 aliphatic heterocycles. The molecule has 0 saturated carbocycles. The Hall–Kier alpha value is -0.620. The van der Waals surface area contributed by atoms with Gasteiger partial charge in [-0.05, 0) is 20.3 Å². The lowest BCUT2D eigenvalue weighted by Crippen LogP contribution is -2.45. The zero-order valence-electron chi connectivity index (χ0n) is 12.1. The number of sulfonamides is 1. The van der Waals surface area contributed by atoms with Gasteiger partial charge in [0.15, 0.2) is 5.25 Å². The van der Waals surface area contributed by atoms with E-state index in [-0.39, 0.29) is 6.04 Å². The molecule has 0 bridgehead atoms. The van der Waals surface area contributed by atoms with Gasteiger partial charge >= 0.3 is 0 Å². The summed E-state index contributed by atoms with van der Waals surface area (Å²) in [6.07, 6.45) is 4.00. The van der Waals surface area contributed by atoms with Crippen molar-refractivity contribution < 1.29 is 13.2 Å². The molecule has 5 nitrogen and oxygen atoms in total. The van der Waals surface area contributed by atoms with Crippen LogP contribution in [-0.2, 0) is 14.8 Å². The standard InChI is InChI=1S/C12H26N2O3S/c1-6-7-8-9-10(2)13-18(16,17)11(3)12(15)14(4)5/h10-11,13H,6-9H2,1-5H3/t10-,11+/m0/s1. The summed E-state index contributed by atoms with van der Waals surface area (Å²) in [6.45, 7) is 5.36. The molecule has 0 unspecified atom stereocenters. The normalized spacial score (nSPS) is 15.2. The fourth-order valence-corrected chi connectivity index (χ4v) is 3.00. The second kappa shape index (κ2) is 7.74. The molecule has 18 heavy (non-hydrogen) atoms. The van der Waals surface area contributed by atoms with Crippen LogP contribution in [0.25, 0.3) is 0 Å². The number of nitrogens with one attached hydrogen (secondary N) is 1. The minimum absolute atomic E-state index is 0.126. The first-order chi connectivity index (χ1) is 8.22. The average Bonchev–Trinajstić information content (AvgIpc) is 2.26. The maximum absolute atomic E-state index is 12.0. The van der Waals surface area contributed by atoms with Gasteiger partial charge in [-0.15, -0.1) is 0 Å². The van der Waals surface area contributed by atoms with Crippen molar-refractivity contribution in [2.45, 2.75) is 57.7 Å². The van der Waals surface area contributed by atoms with Crippen LogP contribution < -0.4 is 4.72 Å². The first-order valence-corrected chi connectivity index (χ1v) is 7.99. The fraction of sp³-hybridized carbons (Fsp3) is 0.917. The third-order valence-corrected chi connectivity index (χ3v) is 4.72. The van der Waals surface area contributed by atoms with E-state index >= 15 is 0 Å². The molecule has 0 spiro atoms. The fourth-order valence-electron chi connectivity index (χ4n) is 1.64. The van der Waals surface area contributed by atoms with E-state index in [1.165, 1.54) is 11.8 Å². The van der Waals surface area contributed by atoms with Crippen molar-refractivity contribution in [3.8, 4) is 0 Å². The van der Waals surface area contributed by atoms with Crippen LogP contribution in [0.2, 0.25) is 0 Å². The van der Waals surface area contributed by atoms with Crippen molar-refractivity contribution in [1.29, 1.82) is 0 Å². The summed E-state index contributed by atoms with van der Waals surface area (Å²) in [4.78, 5) is 12.9. The van der Waals surface area contributed by atoms with E-state index < -0.39 is 21.2 Å². The zero-order chi connectivity index (χ0) is 14.3. The number of unbranched alkanes of at least 4 members (excludes halogenated alkanes) is 2. The van der Waals surface area contributed by atoms with Crippen molar-refractivity contribution in [2.75, 3.05) is 14.1 Å². The number of rotatable bonds is 8. The second-order valence-electron chi connectivity index (χ2n) is 4.93. The molecule has 0 aromatic heterocycles. The maximum Gasteiger partial charge on any atom is 0.241 e. The van der Waals surface area contributed by atoms with Crippen LogP contribution in [0.5, 0.6) is 0 Å². The molecule has 0 aromatic carbocycles. The number of hydrogen-bond donors (Lipinski definition) is 1. The summed E-state index contributed by atoms with van der Waals surface area (Å²) in [5.41, 5.74) is 0. The van der Waals surface area contributed by atoms with Gasteiger partial charge in [0.2, 0.25) is 15.9 Å². The van der Waals surface area contributed by atoms with Crippen molar-refractivity contribution in [2.24, 2.45) is 0 Å². The summed E-state index contributed by atoms with van der Waals surface area (Å²) in [7, 11) is -0.473. The Balaban J connectivity index is 4.42. The maximum atomic E-state index is 12.0. The van der Waals surface area contributed by atoms with Crippen LogP contribution in [0.3, 0.4) is 0 Å². The first-order valence-electron chi connectivity index (χ1n) is 6.44. The summed E-state index contributed by atoms with van der Waals surface area (Å²) in [5.74, 6) is -0.400. The Morgan fingerprint density at radius 2 is 1.78 bits per heavy atom. The predicted octanol–water partition coefficient (Wildman–Crippen LogP) is 1.35. The smallest absolute Gasteiger partial charge is 0.241 e. The molecule has 0 radical (unpaired) electrons. The highest BCUT2D eigenvalue weighted by atomic mass is 32.2. The highest BCUT2D eigenvalue weighted by Crippen LogP contribution is 2.07. The highest BCUT2D eigenvalue weighted by Gasteiger charge is 2.29. The van der Waals surface area contributed by atoms with Crippen molar-refractivity contribution >= 4 is 15.9 Å². The van der Waals surface area contributed by atoms with Gasteiger partial charge in [0.25, 0.3) is 0 Å². The minimum atomic E-state index is -3.58. The quantitative estimate of drug-likeness (QED) is 0.682. The monoisotopic (exact) mass is 278 g/mol. The number of hydrogen-bond acceptors (Lipinski definition) is 3. The van der Waals surface area contributed by atoms with Gasteiger partial charge in [-0.3, -0.25) is 4.79 Å². The molecular weight excluding hydrogens is 252 g/mol. The lowest BCUT2D eigenvalue weighted by atomic mass is 10.1. The topological polar surface area (TPSA) is 66.5 Å². The van der Waals surface area contributed by atoms with E-state index in [2.05, 4.69) is 11.6 Å². The zero-order valence-corrected chi connectivity index (χ0v) is 12.9. The predicted molar refractivity (Wildman–Crippen MR) is 73.8 cm³/mol. The van der Waals surface area contributed by atoms with Crippen molar-refractivity contribution in [3.63, 3.8) is 0 Å². The molecule has 1 N–H and O–H groups in total. The van der Waals surface area contributed by atoms with Gasteiger partial charge in [0, 0.05) is 20.1 Å². The summed E-state index contributed by atoms with van der Waals surface area (Å²) in [6, 6.07) is -0.126. The molecule has 0 aliphatic carbocycles. The van der Waals surface area contributed by atoms with Gasteiger partial charge in [-0.1, -0.05) is 26.2 Å². The molecule has 0 rings (SSSR count). The minimum Gasteiger partial charge on any atom is -0.348 e. The molecule has 0 aliphatic rings. The van der Waals surface area contributed by atoms with Gasteiger partial charge in [-0.25, -0.2) is 13.1 Å². The van der Waals surface area contributed by atoms with E-state index in [1.807, 2.05) is 6.92 Å². The highest BCUT2D eigenvalue weighted by molar-refractivity contribution is 7.90. The van der Waals surface area contributed by atoms with Crippen molar-refractivity contribution in [1.82, 2.24) is 9.62 Å². The summed E-state index contributed by atoms with van der Waals surface area (Å²) < 4.78 is 26.5. The van der Waals surface area contributed by atoms with Gasteiger partial charge in [0.05, 0.1) is 0 Å². The van der Waals surface area contributed by atoms with E-state index in [9.17, 15) is 13.2 Å². The first kappa shape index (κ1) is 17.4. The van der Waals surface area contributed by atoms with Crippen LogP contribution in [0.4, 0.5) is 0 Å². The third kappa shape index (κ3) is 5.82. The molecule has 6 heteroatoms. The lowest BCUT2D eigenvalue weighted by Gasteiger charge is -2.20. The molecule has 2 atom stereocenters. The average molecular weight is 278 g/mol. The van der Waals surface area contributed by atoms with Crippen LogP contribution in [0.15, 0.2) is 0 Å². The second-order valence-corrected chi connectivity index (χ2v) is 6.97. The van der Waals surface area contributed by atoms with Crippen LogP contribution >= 0.6 is 0 Å². The van der Waals surface area contributed by atoms with Crippen LogP contribution in [0.1, 0.15) is 46.5 Å². The number of carbonyl (C=O) groups is 1. The molecule has 0 saturated heterocycles. The summed E-state index contributed by atoms with van der Waals surface area (Å²) >= 11 is 0. The van der Waals surface area contributed by atoms with E-state index in [1.54, 1.807) is 14.1 Å². The molecule has 0 fully saturated rings. The Kier molecular flexibility index (Phi) is 7.47. The molecule has 108 valence electrons. The third-order valence-electron chi connectivity index (χ3n) is 2.86. The van der Waals surface area contributed by atoms with E-state index in [4.69, 9.17) is 0 Å². The Labute approximate surface area is 111 Å². The number of carbonyl (C=O) groups excluding carboxylic acids is 1. The Bertz CT molecular complexity index is 352. The molecule has 0 heterocycles. The summed E-state index contributed by atoms with van der Waals surface area (Å²) in [5, 5.41) is -1.04.